The Morgan fingerprint density at radius 3 is 2.46 bits per heavy atom. The van der Waals surface area contributed by atoms with Crippen molar-refractivity contribution < 1.29 is 17.6 Å². The second kappa shape index (κ2) is 7.19. The van der Waals surface area contributed by atoms with Gasteiger partial charge in [0.15, 0.2) is 0 Å². The number of benzene rings is 2. The summed E-state index contributed by atoms with van der Waals surface area (Å²) in [7, 11) is -3.76. The van der Waals surface area contributed by atoms with Gasteiger partial charge in [0.25, 0.3) is 0 Å². The highest BCUT2D eigenvalue weighted by molar-refractivity contribution is 7.92. The highest BCUT2D eigenvalue weighted by Crippen LogP contribution is 2.25. The van der Waals surface area contributed by atoms with Crippen LogP contribution in [0.1, 0.15) is 6.92 Å². The summed E-state index contributed by atoms with van der Waals surface area (Å²) >= 11 is 5.90. The minimum absolute atomic E-state index is 0.0195. The molecule has 0 aliphatic carbocycles. The van der Waals surface area contributed by atoms with Crippen LogP contribution in [0.5, 0.6) is 0 Å². The van der Waals surface area contributed by atoms with Crippen molar-refractivity contribution in [2.24, 2.45) is 0 Å². The number of rotatable bonds is 5. The molecule has 0 radical (unpaired) electrons. The van der Waals surface area contributed by atoms with Crippen molar-refractivity contribution in [3.8, 4) is 0 Å². The first-order valence-electron chi connectivity index (χ1n) is 7.00. The lowest BCUT2D eigenvalue weighted by molar-refractivity contribution is -0.116. The largest absolute Gasteiger partial charge is 0.322 e. The van der Waals surface area contributed by atoms with Gasteiger partial charge in [-0.05, 0) is 37.3 Å². The Balaban J connectivity index is 2.33. The third-order valence-corrected chi connectivity index (χ3v) is 4.76. The van der Waals surface area contributed by atoms with Gasteiger partial charge < -0.3 is 5.32 Å². The molecule has 0 aromatic heterocycles. The molecule has 0 saturated heterocycles. The van der Waals surface area contributed by atoms with E-state index in [0.717, 1.165) is 10.6 Å². The molecule has 24 heavy (non-hydrogen) atoms. The number of para-hydroxylation sites is 1. The summed E-state index contributed by atoms with van der Waals surface area (Å²) in [5.41, 5.74) is 0.232. The maximum atomic E-state index is 13.7. The van der Waals surface area contributed by atoms with Crippen LogP contribution in [0.15, 0.2) is 48.5 Å². The summed E-state index contributed by atoms with van der Waals surface area (Å²) in [5, 5.41) is 2.73. The Bertz CT molecular complexity index is 858. The van der Waals surface area contributed by atoms with E-state index in [0.29, 0.717) is 5.02 Å². The molecule has 1 amide bonds. The van der Waals surface area contributed by atoms with Crippen molar-refractivity contribution in [2.75, 3.05) is 15.9 Å². The summed E-state index contributed by atoms with van der Waals surface area (Å²) in [4.78, 5) is 12.4. The minimum Gasteiger partial charge on any atom is -0.322 e. The molecule has 0 aliphatic heterocycles. The molecular formula is C16H16ClFN2O3S. The van der Waals surface area contributed by atoms with Gasteiger partial charge in [-0.25, -0.2) is 12.8 Å². The Kier molecular flexibility index (Phi) is 5.46. The second-order valence-electron chi connectivity index (χ2n) is 5.18. The number of carbonyl (C=O) groups is 1. The van der Waals surface area contributed by atoms with Gasteiger partial charge in [0, 0.05) is 5.02 Å². The lowest BCUT2D eigenvalue weighted by Crippen LogP contribution is -2.45. The average Bonchev–Trinajstić information content (AvgIpc) is 2.48. The van der Waals surface area contributed by atoms with Gasteiger partial charge >= 0.3 is 0 Å². The summed E-state index contributed by atoms with van der Waals surface area (Å²) in [6.07, 6.45) is 0.987. The highest BCUT2D eigenvalue weighted by Gasteiger charge is 2.29. The normalized spacial score (nSPS) is 12.5. The molecule has 0 heterocycles. The fraction of sp³-hybridized carbons (Fsp3) is 0.188. The molecule has 0 fully saturated rings. The van der Waals surface area contributed by atoms with Crippen molar-refractivity contribution in [2.45, 2.75) is 13.0 Å². The molecule has 1 atom stereocenters. The third kappa shape index (κ3) is 4.24. The number of anilines is 2. The first kappa shape index (κ1) is 18.2. The Morgan fingerprint density at radius 2 is 1.88 bits per heavy atom. The first-order chi connectivity index (χ1) is 11.2. The quantitative estimate of drug-likeness (QED) is 0.878. The summed E-state index contributed by atoms with van der Waals surface area (Å²) < 4.78 is 38.9. The monoisotopic (exact) mass is 370 g/mol. The van der Waals surface area contributed by atoms with E-state index in [1.807, 2.05) is 0 Å². The molecule has 128 valence electrons. The summed E-state index contributed by atoms with van der Waals surface area (Å²) in [6.45, 7) is 1.41. The fourth-order valence-corrected chi connectivity index (χ4v) is 3.57. The molecule has 2 aromatic carbocycles. The van der Waals surface area contributed by atoms with Crippen LogP contribution in [0, 0.1) is 5.82 Å². The Labute approximate surface area is 145 Å². The van der Waals surface area contributed by atoms with Gasteiger partial charge in [-0.1, -0.05) is 29.8 Å². The zero-order valence-electron chi connectivity index (χ0n) is 13.0. The molecule has 1 unspecified atom stereocenters. The number of hydrogen-bond acceptors (Lipinski definition) is 3. The zero-order chi connectivity index (χ0) is 17.9. The van der Waals surface area contributed by atoms with Crippen molar-refractivity contribution in [3.63, 3.8) is 0 Å². The number of halogens is 2. The van der Waals surface area contributed by atoms with Crippen molar-refractivity contribution in [3.05, 3.63) is 59.4 Å². The van der Waals surface area contributed by atoms with Crippen LogP contribution in [0.3, 0.4) is 0 Å². The second-order valence-corrected chi connectivity index (χ2v) is 7.48. The van der Waals surface area contributed by atoms with Crippen LogP contribution in [0.25, 0.3) is 0 Å². The van der Waals surface area contributed by atoms with E-state index < -0.39 is 27.8 Å². The van der Waals surface area contributed by atoms with E-state index in [2.05, 4.69) is 5.32 Å². The summed E-state index contributed by atoms with van der Waals surface area (Å²) in [5.74, 6) is -1.27. The van der Waals surface area contributed by atoms with E-state index in [4.69, 9.17) is 11.6 Å². The molecule has 0 spiro atoms. The summed E-state index contributed by atoms with van der Waals surface area (Å²) in [6, 6.07) is 10.7. The standard InChI is InChI=1S/C16H16ClFN2O3S/c1-11(16(21)19-15-9-4-3-8-14(15)18)20(24(2,22)23)13-7-5-6-12(17)10-13/h3-11H,1-2H3,(H,19,21). The molecule has 2 aromatic rings. The van der Waals surface area contributed by atoms with Crippen LogP contribution in [0.4, 0.5) is 15.8 Å². The van der Waals surface area contributed by atoms with E-state index in [1.54, 1.807) is 18.2 Å². The maximum absolute atomic E-state index is 13.7. The Morgan fingerprint density at radius 1 is 1.21 bits per heavy atom. The molecular weight excluding hydrogens is 355 g/mol. The smallest absolute Gasteiger partial charge is 0.248 e. The van der Waals surface area contributed by atoms with Crippen LogP contribution in [-0.4, -0.2) is 26.6 Å². The van der Waals surface area contributed by atoms with E-state index in [1.165, 1.54) is 37.3 Å². The number of hydrogen-bond donors (Lipinski definition) is 1. The fourth-order valence-electron chi connectivity index (χ4n) is 2.22. The van der Waals surface area contributed by atoms with Gasteiger partial charge in [0.2, 0.25) is 15.9 Å². The van der Waals surface area contributed by atoms with E-state index >= 15 is 0 Å². The van der Waals surface area contributed by atoms with Gasteiger partial charge in [-0.15, -0.1) is 0 Å². The number of carbonyl (C=O) groups excluding carboxylic acids is 1. The minimum atomic E-state index is -3.76. The number of nitrogens with zero attached hydrogens (tertiary/aromatic N) is 1. The zero-order valence-corrected chi connectivity index (χ0v) is 14.6. The predicted molar refractivity (Wildman–Crippen MR) is 93.3 cm³/mol. The number of nitrogens with one attached hydrogen (secondary N) is 1. The van der Waals surface area contributed by atoms with Crippen LogP contribution < -0.4 is 9.62 Å². The maximum Gasteiger partial charge on any atom is 0.248 e. The van der Waals surface area contributed by atoms with Crippen molar-refractivity contribution >= 4 is 38.9 Å². The first-order valence-corrected chi connectivity index (χ1v) is 9.23. The van der Waals surface area contributed by atoms with E-state index in [9.17, 15) is 17.6 Å². The van der Waals surface area contributed by atoms with Crippen molar-refractivity contribution in [1.29, 1.82) is 0 Å². The van der Waals surface area contributed by atoms with Gasteiger partial charge in [0.1, 0.15) is 11.9 Å². The van der Waals surface area contributed by atoms with Crippen molar-refractivity contribution in [1.82, 2.24) is 0 Å². The van der Waals surface area contributed by atoms with Gasteiger partial charge in [-0.2, -0.15) is 0 Å². The topological polar surface area (TPSA) is 66.5 Å². The molecule has 0 saturated carbocycles. The average molecular weight is 371 g/mol. The SMILES string of the molecule is CC(C(=O)Nc1ccccc1F)N(c1cccc(Cl)c1)S(C)(=O)=O. The molecule has 0 aliphatic rings. The van der Waals surface area contributed by atoms with Crippen LogP contribution >= 0.6 is 11.6 Å². The molecule has 2 rings (SSSR count). The highest BCUT2D eigenvalue weighted by atomic mass is 35.5. The predicted octanol–water partition coefficient (Wildman–Crippen LogP) is 3.27. The number of amides is 1. The molecule has 0 bridgehead atoms. The van der Waals surface area contributed by atoms with Gasteiger partial charge in [0.05, 0.1) is 17.6 Å². The molecule has 5 nitrogen and oxygen atoms in total. The van der Waals surface area contributed by atoms with E-state index in [-0.39, 0.29) is 11.4 Å². The number of sulfonamides is 1. The van der Waals surface area contributed by atoms with Crippen LogP contribution in [-0.2, 0) is 14.8 Å². The lowest BCUT2D eigenvalue weighted by atomic mass is 10.2. The van der Waals surface area contributed by atoms with Crippen LogP contribution in [0.2, 0.25) is 5.02 Å². The Hall–Kier alpha value is -2.12. The molecule has 1 N–H and O–H groups in total. The molecule has 8 heteroatoms. The lowest BCUT2D eigenvalue weighted by Gasteiger charge is -2.28. The van der Waals surface area contributed by atoms with Gasteiger partial charge in [-0.3, -0.25) is 9.10 Å². The third-order valence-electron chi connectivity index (χ3n) is 3.28.